The van der Waals surface area contributed by atoms with Gasteiger partial charge in [-0.2, -0.15) is 4.31 Å². The van der Waals surface area contributed by atoms with E-state index in [0.29, 0.717) is 12.2 Å². The normalized spacial score (nSPS) is 17.2. The Morgan fingerprint density at radius 2 is 1.87 bits per heavy atom. The lowest BCUT2D eigenvalue weighted by molar-refractivity contribution is -0.116. The molecule has 3 rings (SSSR count). The maximum Gasteiger partial charge on any atom is 0.254 e. The molecule has 7 nitrogen and oxygen atoms in total. The van der Waals surface area contributed by atoms with Crippen molar-refractivity contribution >= 4 is 27.5 Å². The second kappa shape index (κ2) is 9.57. The maximum absolute atomic E-state index is 13.2. The number of halogens is 1. The average Bonchev–Trinajstić information content (AvgIpc) is 2.73. The molecule has 1 heterocycles. The first-order valence-corrected chi connectivity index (χ1v) is 11.6. The first-order valence-electron chi connectivity index (χ1n) is 10.1. The van der Waals surface area contributed by atoms with E-state index in [9.17, 15) is 22.4 Å². The molecule has 0 bridgehead atoms. The van der Waals surface area contributed by atoms with Crippen molar-refractivity contribution in [1.82, 2.24) is 9.21 Å². The second-order valence-electron chi connectivity index (χ2n) is 7.70. The van der Waals surface area contributed by atoms with E-state index in [0.717, 1.165) is 19.3 Å². The molecule has 166 valence electrons. The van der Waals surface area contributed by atoms with Crippen LogP contribution in [0.1, 0.15) is 36.5 Å². The van der Waals surface area contributed by atoms with E-state index in [1.807, 2.05) is 6.92 Å². The predicted octanol–water partition coefficient (Wildman–Crippen LogP) is 3.10. The van der Waals surface area contributed by atoms with E-state index in [4.69, 9.17) is 0 Å². The summed E-state index contributed by atoms with van der Waals surface area (Å²) in [7, 11) is -2.15. The zero-order chi connectivity index (χ0) is 22.6. The van der Waals surface area contributed by atoms with Gasteiger partial charge >= 0.3 is 0 Å². The molecular formula is C22H26FN3O4S. The molecule has 0 spiro atoms. The first kappa shape index (κ1) is 22.9. The summed E-state index contributed by atoms with van der Waals surface area (Å²) in [5.41, 5.74) is 0.569. The molecule has 31 heavy (non-hydrogen) atoms. The Hall–Kier alpha value is -2.78. The van der Waals surface area contributed by atoms with Crippen molar-refractivity contribution in [2.75, 3.05) is 25.5 Å². The summed E-state index contributed by atoms with van der Waals surface area (Å²) >= 11 is 0. The van der Waals surface area contributed by atoms with Crippen molar-refractivity contribution in [1.29, 1.82) is 0 Å². The number of anilines is 1. The van der Waals surface area contributed by atoms with Crippen LogP contribution >= 0.6 is 0 Å². The minimum absolute atomic E-state index is 0.0530. The predicted molar refractivity (Wildman–Crippen MR) is 116 cm³/mol. The van der Waals surface area contributed by atoms with Crippen LogP contribution in [0.4, 0.5) is 10.1 Å². The van der Waals surface area contributed by atoms with E-state index in [1.165, 1.54) is 58.7 Å². The molecule has 1 saturated heterocycles. The molecule has 2 aromatic rings. The number of sulfonamides is 1. The topological polar surface area (TPSA) is 86.8 Å². The highest BCUT2D eigenvalue weighted by molar-refractivity contribution is 7.89. The Bertz CT molecular complexity index is 1060. The molecule has 1 fully saturated rings. The van der Waals surface area contributed by atoms with E-state index >= 15 is 0 Å². The van der Waals surface area contributed by atoms with Gasteiger partial charge in [0.25, 0.3) is 5.91 Å². The summed E-state index contributed by atoms with van der Waals surface area (Å²) in [4.78, 5) is 26.1. The van der Waals surface area contributed by atoms with Gasteiger partial charge in [0.1, 0.15) is 5.82 Å². The Kier molecular flexibility index (Phi) is 7.07. The highest BCUT2D eigenvalue weighted by atomic mass is 32.2. The van der Waals surface area contributed by atoms with Gasteiger partial charge in [0, 0.05) is 30.9 Å². The fraction of sp³-hybridized carbons (Fsp3) is 0.364. The van der Waals surface area contributed by atoms with Crippen LogP contribution in [0.5, 0.6) is 0 Å². The second-order valence-corrected chi connectivity index (χ2v) is 9.60. The molecule has 2 amide bonds. The van der Waals surface area contributed by atoms with Crippen molar-refractivity contribution in [3.8, 4) is 0 Å². The number of piperidine rings is 1. The molecule has 0 aliphatic carbocycles. The number of carbonyl (C=O) groups is 2. The lowest BCUT2D eigenvalue weighted by Gasteiger charge is -2.32. The third-order valence-electron chi connectivity index (χ3n) is 5.29. The van der Waals surface area contributed by atoms with Crippen molar-refractivity contribution in [3.05, 3.63) is 59.9 Å². The van der Waals surface area contributed by atoms with E-state index in [2.05, 4.69) is 5.32 Å². The number of nitrogens with zero attached hydrogens (tertiary/aromatic N) is 2. The Morgan fingerprint density at radius 3 is 2.52 bits per heavy atom. The van der Waals surface area contributed by atoms with Gasteiger partial charge in [0.15, 0.2) is 0 Å². The molecule has 2 aromatic carbocycles. The van der Waals surface area contributed by atoms with Crippen LogP contribution in [0.2, 0.25) is 0 Å². The van der Waals surface area contributed by atoms with E-state index in [-0.39, 0.29) is 23.0 Å². The molecule has 1 N–H and O–H groups in total. The fourth-order valence-corrected chi connectivity index (χ4v) is 5.31. The quantitative estimate of drug-likeness (QED) is 0.737. The number of likely N-dealkylation sites (N-methyl/N-ethyl adjacent to an activating group) is 1. The third-order valence-corrected chi connectivity index (χ3v) is 7.31. The molecule has 1 aliphatic rings. The van der Waals surface area contributed by atoms with Crippen LogP contribution < -0.4 is 5.32 Å². The average molecular weight is 448 g/mol. The first-order chi connectivity index (χ1) is 14.7. The number of hydrogen-bond acceptors (Lipinski definition) is 4. The molecular weight excluding hydrogens is 421 g/mol. The number of hydrogen-bond donors (Lipinski definition) is 1. The van der Waals surface area contributed by atoms with Crippen LogP contribution in [-0.4, -0.2) is 55.6 Å². The molecule has 1 aliphatic heterocycles. The molecule has 0 saturated carbocycles. The van der Waals surface area contributed by atoms with Crippen LogP contribution in [0.3, 0.4) is 0 Å². The number of carbonyl (C=O) groups excluding carboxylic acids is 2. The van der Waals surface area contributed by atoms with Crippen molar-refractivity contribution in [2.24, 2.45) is 0 Å². The number of rotatable bonds is 6. The van der Waals surface area contributed by atoms with E-state index < -0.39 is 27.7 Å². The number of amides is 2. The van der Waals surface area contributed by atoms with Gasteiger partial charge in [0.05, 0.1) is 11.4 Å². The van der Waals surface area contributed by atoms with Crippen LogP contribution in [-0.2, 0) is 14.8 Å². The van der Waals surface area contributed by atoms with Gasteiger partial charge in [-0.3, -0.25) is 9.59 Å². The Balaban J connectivity index is 1.64. The summed E-state index contributed by atoms with van der Waals surface area (Å²) in [6.45, 7) is 2.16. The van der Waals surface area contributed by atoms with Crippen LogP contribution in [0.25, 0.3) is 0 Å². The number of nitrogens with one attached hydrogen (secondary N) is 1. The standard InChI is InChI=1S/C22H26FN3O4S/c1-16-6-3-4-13-26(16)31(29,30)20-11-9-17(10-12-20)22(28)25(2)15-21(27)24-19-8-5-7-18(23)14-19/h5,7-12,14,16H,3-4,6,13,15H2,1-2H3,(H,24,27). The molecule has 1 unspecified atom stereocenters. The highest BCUT2D eigenvalue weighted by Crippen LogP contribution is 2.25. The summed E-state index contributed by atoms with van der Waals surface area (Å²) in [5.74, 6) is -1.37. The lowest BCUT2D eigenvalue weighted by Crippen LogP contribution is -2.41. The summed E-state index contributed by atoms with van der Waals surface area (Å²) in [6, 6.07) is 11.2. The minimum Gasteiger partial charge on any atom is -0.332 e. The number of benzene rings is 2. The van der Waals surface area contributed by atoms with Gasteiger partial charge < -0.3 is 10.2 Å². The third kappa shape index (κ3) is 5.48. The Labute approximate surface area is 181 Å². The molecule has 1 atom stereocenters. The molecule has 0 aromatic heterocycles. The smallest absolute Gasteiger partial charge is 0.254 e. The van der Waals surface area contributed by atoms with Crippen LogP contribution in [0, 0.1) is 5.82 Å². The molecule has 0 radical (unpaired) electrons. The summed E-state index contributed by atoms with van der Waals surface area (Å²) in [6.07, 6.45) is 2.68. The maximum atomic E-state index is 13.2. The largest absolute Gasteiger partial charge is 0.332 e. The highest BCUT2D eigenvalue weighted by Gasteiger charge is 2.31. The summed E-state index contributed by atoms with van der Waals surface area (Å²) < 4.78 is 40.5. The van der Waals surface area contributed by atoms with E-state index in [1.54, 1.807) is 6.07 Å². The SMILES string of the molecule is CC1CCCCN1S(=O)(=O)c1ccc(C(=O)N(C)CC(=O)Nc2cccc(F)c2)cc1. The van der Waals surface area contributed by atoms with Crippen molar-refractivity contribution in [3.63, 3.8) is 0 Å². The lowest BCUT2D eigenvalue weighted by atomic mass is 10.1. The zero-order valence-electron chi connectivity index (χ0n) is 17.5. The Morgan fingerprint density at radius 1 is 1.16 bits per heavy atom. The summed E-state index contributed by atoms with van der Waals surface area (Å²) in [5, 5.41) is 2.53. The van der Waals surface area contributed by atoms with Gasteiger partial charge in [-0.05, 0) is 62.2 Å². The fourth-order valence-electron chi connectivity index (χ4n) is 3.61. The molecule has 9 heteroatoms. The van der Waals surface area contributed by atoms with Gasteiger partial charge in [-0.1, -0.05) is 12.5 Å². The zero-order valence-corrected chi connectivity index (χ0v) is 18.4. The minimum atomic E-state index is -3.62. The van der Waals surface area contributed by atoms with Crippen LogP contribution in [0.15, 0.2) is 53.4 Å². The van der Waals surface area contributed by atoms with Crippen molar-refractivity contribution in [2.45, 2.75) is 37.1 Å². The monoisotopic (exact) mass is 447 g/mol. The van der Waals surface area contributed by atoms with Gasteiger partial charge in [-0.15, -0.1) is 0 Å². The van der Waals surface area contributed by atoms with Gasteiger partial charge in [0.2, 0.25) is 15.9 Å². The van der Waals surface area contributed by atoms with Crippen molar-refractivity contribution < 1.29 is 22.4 Å². The van der Waals surface area contributed by atoms with Gasteiger partial charge in [-0.25, -0.2) is 12.8 Å².